The lowest BCUT2D eigenvalue weighted by molar-refractivity contribution is 0.115. The fourth-order valence-electron chi connectivity index (χ4n) is 1.63. The number of aromatic nitrogens is 1. The van der Waals surface area contributed by atoms with Crippen LogP contribution in [-0.4, -0.2) is 17.8 Å². The SMILES string of the molecule is CC(C)CCOCCn1cccc1C(C)N. The molecule has 92 valence electrons. The van der Waals surface area contributed by atoms with Crippen molar-refractivity contribution in [1.82, 2.24) is 4.57 Å². The molecule has 0 amide bonds. The van der Waals surface area contributed by atoms with E-state index < -0.39 is 0 Å². The maximum atomic E-state index is 5.87. The quantitative estimate of drug-likeness (QED) is 0.723. The Morgan fingerprint density at radius 2 is 2.06 bits per heavy atom. The Balaban J connectivity index is 2.24. The van der Waals surface area contributed by atoms with Gasteiger partial charge in [0.1, 0.15) is 0 Å². The van der Waals surface area contributed by atoms with Gasteiger partial charge in [-0.25, -0.2) is 0 Å². The lowest BCUT2D eigenvalue weighted by atomic mass is 10.1. The fraction of sp³-hybridized carbons (Fsp3) is 0.692. The first kappa shape index (κ1) is 13.3. The number of nitrogens with zero attached hydrogens (tertiary/aromatic N) is 1. The van der Waals surface area contributed by atoms with Crippen molar-refractivity contribution in [3.05, 3.63) is 24.0 Å². The van der Waals surface area contributed by atoms with Crippen LogP contribution in [0.1, 0.15) is 38.9 Å². The highest BCUT2D eigenvalue weighted by Gasteiger charge is 2.04. The van der Waals surface area contributed by atoms with Gasteiger partial charge < -0.3 is 15.0 Å². The predicted molar refractivity (Wildman–Crippen MR) is 67.3 cm³/mol. The van der Waals surface area contributed by atoms with E-state index in [-0.39, 0.29) is 6.04 Å². The van der Waals surface area contributed by atoms with E-state index in [2.05, 4.69) is 30.7 Å². The standard InChI is InChI=1S/C13H24N2O/c1-11(2)6-9-16-10-8-15-7-4-5-13(15)12(3)14/h4-5,7,11-12H,6,8-10,14H2,1-3H3. The Labute approximate surface area is 98.6 Å². The van der Waals surface area contributed by atoms with Gasteiger partial charge in [0.15, 0.2) is 0 Å². The largest absolute Gasteiger partial charge is 0.380 e. The number of nitrogens with two attached hydrogens (primary N) is 1. The summed E-state index contributed by atoms with van der Waals surface area (Å²) in [6.45, 7) is 8.94. The van der Waals surface area contributed by atoms with Gasteiger partial charge in [-0.2, -0.15) is 0 Å². The first-order valence-electron chi connectivity index (χ1n) is 6.09. The molecule has 2 N–H and O–H groups in total. The van der Waals surface area contributed by atoms with Crippen LogP contribution in [0.25, 0.3) is 0 Å². The van der Waals surface area contributed by atoms with Crippen LogP contribution in [0.3, 0.4) is 0 Å². The lowest BCUT2D eigenvalue weighted by Gasteiger charge is -2.12. The van der Waals surface area contributed by atoms with Gasteiger partial charge in [0.25, 0.3) is 0 Å². The third-order valence-electron chi connectivity index (χ3n) is 2.65. The minimum Gasteiger partial charge on any atom is -0.380 e. The molecule has 0 aliphatic rings. The third kappa shape index (κ3) is 4.37. The summed E-state index contributed by atoms with van der Waals surface area (Å²) in [4.78, 5) is 0. The number of hydrogen-bond donors (Lipinski definition) is 1. The molecule has 1 rings (SSSR count). The molecule has 0 saturated heterocycles. The van der Waals surface area contributed by atoms with Gasteiger partial charge in [-0.1, -0.05) is 13.8 Å². The molecule has 0 bridgehead atoms. The second kappa shape index (κ2) is 6.71. The van der Waals surface area contributed by atoms with E-state index in [0.29, 0.717) is 5.92 Å². The van der Waals surface area contributed by atoms with E-state index in [9.17, 15) is 0 Å². The van der Waals surface area contributed by atoms with Crippen LogP contribution in [-0.2, 0) is 11.3 Å². The minimum absolute atomic E-state index is 0.0886. The van der Waals surface area contributed by atoms with Crippen LogP contribution in [0.2, 0.25) is 0 Å². The van der Waals surface area contributed by atoms with Gasteiger partial charge in [-0.15, -0.1) is 0 Å². The normalized spacial score (nSPS) is 13.3. The van der Waals surface area contributed by atoms with Gasteiger partial charge in [-0.3, -0.25) is 0 Å². The van der Waals surface area contributed by atoms with E-state index in [1.165, 1.54) is 5.69 Å². The molecule has 3 heteroatoms. The lowest BCUT2D eigenvalue weighted by Crippen LogP contribution is -2.14. The molecule has 1 atom stereocenters. The Morgan fingerprint density at radius 1 is 1.31 bits per heavy atom. The Bertz CT molecular complexity index is 292. The van der Waals surface area contributed by atoms with Crippen LogP contribution >= 0.6 is 0 Å². The number of rotatable bonds is 7. The summed E-state index contributed by atoms with van der Waals surface area (Å²) in [7, 11) is 0. The monoisotopic (exact) mass is 224 g/mol. The van der Waals surface area contributed by atoms with Crippen molar-refractivity contribution in [3.63, 3.8) is 0 Å². The van der Waals surface area contributed by atoms with E-state index in [0.717, 1.165) is 26.2 Å². The van der Waals surface area contributed by atoms with E-state index in [4.69, 9.17) is 10.5 Å². The number of ether oxygens (including phenoxy) is 1. The molecule has 1 aromatic heterocycles. The molecule has 0 aromatic carbocycles. The molecule has 0 aliphatic carbocycles. The summed E-state index contributed by atoms with van der Waals surface area (Å²) in [5, 5.41) is 0. The molecule has 0 aliphatic heterocycles. The Kier molecular flexibility index (Phi) is 5.56. The zero-order chi connectivity index (χ0) is 12.0. The molecule has 0 saturated carbocycles. The van der Waals surface area contributed by atoms with Crippen LogP contribution in [0.15, 0.2) is 18.3 Å². The molecule has 16 heavy (non-hydrogen) atoms. The maximum absolute atomic E-state index is 5.87. The smallest absolute Gasteiger partial charge is 0.0645 e. The Morgan fingerprint density at radius 3 is 2.69 bits per heavy atom. The minimum atomic E-state index is 0.0886. The second-order valence-electron chi connectivity index (χ2n) is 4.71. The number of hydrogen-bond acceptors (Lipinski definition) is 2. The highest BCUT2D eigenvalue weighted by atomic mass is 16.5. The van der Waals surface area contributed by atoms with Gasteiger partial charge in [0.2, 0.25) is 0 Å². The fourth-order valence-corrected chi connectivity index (χ4v) is 1.63. The van der Waals surface area contributed by atoms with Crippen molar-refractivity contribution >= 4 is 0 Å². The van der Waals surface area contributed by atoms with Crippen molar-refractivity contribution < 1.29 is 4.74 Å². The molecule has 1 aromatic rings. The average Bonchev–Trinajstić information content (AvgIpc) is 2.65. The molecule has 1 heterocycles. The zero-order valence-electron chi connectivity index (χ0n) is 10.6. The Hall–Kier alpha value is -0.800. The van der Waals surface area contributed by atoms with Crippen molar-refractivity contribution in [2.45, 2.75) is 39.8 Å². The highest BCUT2D eigenvalue weighted by Crippen LogP contribution is 2.10. The average molecular weight is 224 g/mol. The zero-order valence-corrected chi connectivity index (χ0v) is 10.6. The van der Waals surface area contributed by atoms with Crippen LogP contribution in [0.5, 0.6) is 0 Å². The van der Waals surface area contributed by atoms with Crippen LogP contribution in [0, 0.1) is 5.92 Å². The van der Waals surface area contributed by atoms with Gasteiger partial charge in [0.05, 0.1) is 6.61 Å². The van der Waals surface area contributed by atoms with Crippen LogP contribution < -0.4 is 5.73 Å². The molecular weight excluding hydrogens is 200 g/mol. The summed E-state index contributed by atoms with van der Waals surface area (Å²) in [6, 6.07) is 4.19. The highest BCUT2D eigenvalue weighted by molar-refractivity contribution is 5.10. The summed E-state index contributed by atoms with van der Waals surface area (Å²) in [5.41, 5.74) is 7.04. The van der Waals surface area contributed by atoms with E-state index in [1.54, 1.807) is 0 Å². The third-order valence-corrected chi connectivity index (χ3v) is 2.65. The first-order chi connectivity index (χ1) is 7.61. The van der Waals surface area contributed by atoms with Crippen molar-refractivity contribution in [2.24, 2.45) is 11.7 Å². The topological polar surface area (TPSA) is 40.2 Å². The summed E-state index contributed by atoms with van der Waals surface area (Å²) in [5.74, 6) is 0.714. The molecular formula is C13H24N2O. The van der Waals surface area contributed by atoms with Gasteiger partial charge >= 0.3 is 0 Å². The van der Waals surface area contributed by atoms with Gasteiger partial charge in [0, 0.05) is 31.1 Å². The van der Waals surface area contributed by atoms with E-state index >= 15 is 0 Å². The summed E-state index contributed by atoms with van der Waals surface area (Å²) in [6.07, 6.45) is 3.19. The molecule has 3 nitrogen and oxygen atoms in total. The van der Waals surface area contributed by atoms with E-state index in [1.807, 2.05) is 13.0 Å². The molecule has 0 fully saturated rings. The van der Waals surface area contributed by atoms with Crippen molar-refractivity contribution in [3.8, 4) is 0 Å². The second-order valence-corrected chi connectivity index (χ2v) is 4.71. The molecule has 1 unspecified atom stereocenters. The van der Waals surface area contributed by atoms with Crippen LogP contribution in [0.4, 0.5) is 0 Å². The summed E-state index contributed by atoms with van der Waals surface area (Å²) < 4.78 is 7.76. The summed E-state index contributed by atoms with van der Waals surface area (Å²) >= 11 is 0. The predicted octanol–water partition coefficient (Wildman–Crippen LogP) is 2.57. The maximum Gasteiger partial charge on any atom is 0.0645 e. The molecule has 0 spiro atoms. The van der Waals surface area contributed by atoms with Crippen molar-refractivity contribution in [1.29, 1.82) is 0 Å². The van der Waals surface area contributed by atoms with Gasteiger partial charge in [-0.05, 0) is 31.4 Å². The van der Waals surface area contributed by atoms with Crippen molar-refractivity contribution in [2.75, 3.05) is 13.2 Å². The first-order valence-corrected chi connectivity index (χ1v) is 6.09. The molecule has 0 radical (unpaired) electrons.